The van der Waals surface area contributed by atoms with Crippen molar-refractivity contribution in [3.63, 3.8) is 0 Å². The van der Waals surface area contributed by atoms with E-state index in [0.717, 1.165) is 28.1 Å². The highest BCUT2D eigenvalue weighted by Gasteiger charge is 2.36. The minimum Gasteiger partial charge on any atom is -0.248 e. The van der Waals surface area contributed by atoms with E-state index >= 15 is 0 Å². The van der Waals surface area contributed by atoms with Gasteiger partial charge in [0.1, 0.15) is 0 Å². The third-order valence-electron chi connectivity index (χ3n) is 10.7. The Balaban J connectivity index is 1.12. The fraction of sp³-hybridized carbons (Fsp3) is 0.160. The molecule has 0 aromatic heterocycles. The normalized spacial score (nSPS) is 14.4. The van der Waals surface area contributed by atoms with Crippen LogP contribution in [0.2, 0.25) is 0 Å². The Labute approximate surface area is 308 Å². The standard InChI is InChI=1S/C50H44N2/c1-7-37(42-23-26-45-44-25-19-36(33-51)30-46(44)50(5,6)47(45)32-42)29-34(2)49(3,4)28-27-35-17-20-40(21-18-35)48(39-14-9-8-10-15-39)52-43-24-22-38-13-11-12-16-41(38)31-43/h7-32H,1-6H3/b28-27-,34-29+,37-7+,52-48?. The third-order valence-corrected chi connectivity index (χ3v) is 10.7. The zero-order chi connectivity index (χ0) is 36.5. The lowest BCUT2D eigenvalue weighted by Crippen LogP contribution is -2.15. The Morgan fingerprint density at radius 2 is 1.33 bits per heavy atom. The summed E-state index contributed by atoms with van der Waals surface area (Å²) in [5, 5.41) is 11.9. The predicted molar refractivity (Wildman–Crippen MR) is 221 cm³/mol. The highest BCUT2D eigenvalue weighted by Crippen LogP contribution is 2.49. The zero-order valence-electron chi connectivity index (χ0n) is 30.9. The van der Waals surface area contributed by atoms with Crippen LogP contribution in [0.5, 0.6) is 0 Å². The molecule has 52 heavy (non-hydrogen) atoms. The molecule has 1 aliphatic carbocycles. The van der Waals surface area contributed by atoms with Gasteiger partial charge in [-0.3, -0.25) is 0 Å². The van der Waals surface area contributed by atoms with Gasteiger partial charge >= 0.3 is 0 Å². The van der Waals surface area contributed by atoms with E-state index < -0.39 is 0 Å². The van der Waals surface area contributed by atoms with Crippen molar-refractivity contribution in [1.29, 1.82) is 5.26 Å². The van der Waals surface area contributed by atoms with Gasteiger partial charge in [0.05, 0.1) is 23.0 Å². The van der Waals surface area contributed by atoms with Crippen LogP contribution in [0.25, 0.3) is 33.5 Å². The molecule has 0 fully saturated rings. The molecule has 0 atom stereocenters. The molecular formula is C50H44N2. The molecule has 0 aliphatic heterocycles. The van der Waals surface area contributed by atoms with Crippen LogP contribution in [0.3, 0.4) is 0 Å². The minimum absolute atomic E-state index is 0.167. The smallest absolute Gasteiger partial charge is 0.0991 e. The van der Waals surface area contributed by atoms with Crippen LogP contribution >= 0.6 is 0 Å². The lowest BCUT2D eigenvalue weighted by atomic mass is 9.80. The SMILES string of the molecule is C/C=C(\C=C(/C)C(C)(C)/C=C\c1ccc(C(=Nc2ccc3ccccc3c2)c2ccccc2)cc1)c1ccc2c(c1)C(C)(C)c1cc(C#N)ccc1-2. The molecule has 6 aromatic rings. The van der Waals surface area contributed by atoms with Gasteiger partial charge in [-0.15, -0.1) is 0 Å². The van der Waals surface area contributed by atoms with E-state index in [4.69, 9.17) is 4.99 Å². The van der Waals surface area contributed by atoms with E-state index in [0.29, 0.717) is 5.56 Å². The van der Waals surface area contributed by atoms with Crippen molar-refractivity contribution in [3.8, 4) is 17.2 Å². The maximum Gasteiger partial charge on any atom is 0.0991 e. The van der Waals surface area contributed by atoms with Gasteiger partial charge in [-0.2, -0.15) is 5.26 Å². The first kappa shape index (κ1) is 34.4. The Morgan fingerprint density at radius 3 is 2.04 bits per heavy atom. The van der Waals surface area contributed by atoms with Crippen molar-refractivity contribution >= 4 is 33.8 Å². The number of benzene rings is 6. The maximum absolute atomic E-state index is 9.52. The van der Waals surface area contributed by atoms with Crippen LogP contribution in [0.15, 0.2) is 162 Å². The number of fused-ring (bicyclic) bond motifs is 4. The largest absolute Gasteiger partial charge is 0.248 e. The van der Waals surface area contributed by atoms with Crippen molar-refractivity contribution in [2.45, 2.75) is 47.0 Å². The molecule has 0 spiro atoms. The van der Waals surface area contributed by atoms with Gasteiger partial charge in [-0.05, 0) is 93.9 Å². The first-order chi connectivity index (χ1) is 25.1. The van der Waals surface area contributed by atoms with E-state index in [9.17, 15) is 5.26 Å². The molecule has 0 N–H and O–H groups in total. The van der Waals surface area contributed by atoms with E-state index in [1.807, 2.05) is 12.1 Å². The number of aliphatic imine (C=N–C) groups is 1. The Morgan fingerprint density at radius 1 is 0.692 bits per heavy atom. The number of allylic oxidation sites excluding steroid dienone is 5. The molecule has 2 heteroatoms. The van der Waals surface area contributed by atoms with Gasteiger partial charge in [-0.1, -0.05) is 161 Å². The molecular weight excluding hydrogens is 629 g/mol. The zero-order valence-corrected chi connectivity index (χ0v) is 30.9. The van der Waals surface area contributed by atoms with E-state index in [1.165, 1.54) is 49.7 Å². The molecule has 0 heterocycles. The van der Waals surface area contributed by atoms with Crippen LogP contribution in [0, 0.1) is 16.7 Å². The van der Waals surface area contributed by atoms with E-state index in [2.05, 4.69) is 193 Å². The summed E-state index contributed by atoms with van der Waals surface area (Å²) < 4.78 is 0. The predicted octanol–water partition coefficient (Wildman–Crippen LogP) is 13.3. The first-order valence-electron chi connectivity index (χ1n) is 18.0. The highest BCUT2D eigenvalue weighted by atomic mass is 14.7. The van der Waals surface area contributed by atoms with Gasteiger partial charge in [0, 0.05) is 22.0 Å². The number of rotatable bonds is 8. The Kier molecular flexibility index (Phi) is 9.22. The second-order valence-corrected chi connectivity index (χ2v) is 14.9. The highest BCUT2D eigenvalue weighted by molar-refractivity contribution is 6.14. The second kappa shape index (κ2) is 13.9. The molecule has 0 saturated carbocycles. The summed E-state index contributed by atoms with van der Waals surface area (Å²) in [5.74, 6) is 0. The van der Waals surface area contributed by atoms with Gasteiger partial charge in [-0.25, -0.2) is 4.99 Å². The molecule has 6 aromatic carbocycles. The minimum atomic E-state index is -0.174. The Bertz CT molecular complexity index is 2460. The van der Waals surface area contributed by atoms with E-state index in [-0.39, 0.29) is 10.8 Å². The molecule has 0 unspecified atom stereocenters. The van der Waals surface area contributed by atoms with Crippen LogP contribution < -0.4 is 0 Å². The number of nitriles is 1. The molecule has 2 nitrogen and oxygen atoms in total. The van der Waals surface area contributed by atoms with Crippen molar-refractivity contribution in [1.82, 2.24) is 0 Å². The van der Waals surface area contributed by atoms with Crippen molar-refractivity contribution in [3.05, 3.63) is 196 Å². The number of hydrogen-bond acceptors (Lipinski definition) is 2. The monoisotopic (exact) mass is 672 g/mol. The van der Waals surface area contributed by atoms with Gasteiger partial charge < -0.3 is 0 Å². The van der Waals surface area contributed by atoms with Crippen LogP contribution in [-0.4, -0.2) is 5.71 Å². The number of nitrogens with zero attached hydrogens (tertiary/aromatic N) is 2. The first-order valence-corrected chi connectivity index (χ1v) is 18.0. The van der Waals surface area contributed by atoms with E-state index in [1.54, 1.807) is 0 Å². The quantitative estimate of drug-likeness (QED) is 0.117. The second-order valence-electron chi connectivity index (χ2n) is 14.9. The molecule has 1 aliphatic rings. The summed E-state index contributed by atoms with van der Waals surface area (Å²) in [6.07, 6.45) is 9.06. The van der Waals surface area contributed by atoms with Crippen molar-refractivity contribution in [2.75, 3.05) is 0 Å². The fourth-order valence-electron chi connectivity index (χ4n) is 7.19. The Hall–Kier alpha value is -6.04. The van der Waals surface area contributed by atoms with Gasteiger partial charge in [0.2, 0.25) is 0 Å². The molecule has 7 rings (SSSR count). The van der Waals surface area contributed by atoms with Gasteiger partial charge in [0.15, 0.2) is 0 Å². The summed E-state index contributed by atoms with van der Waals surface area (Å²) in [5.41, 5.74) is 14.3. The van der Waals surface area contributed by atoms with Crippen molar-refractivity contribution in [2.24, 2.45) is 10.4 Å². The van der Waals surface area contributed by atoms with Gasteiger partial charge in [0.25, 0.3) is 0 Å². The molecule has 0 radical (unpaired) electrons. The van der Waals surface area contributed by atoms with Crippen LogP contribution in [-0.2, 0) is 5.41 Å². The fourth-order valence-corrected chi connectivity index (χ4v) is 7.19. The molecule has 254 valence electrons. The summed E-state index contributed by atoms with van der Waals surface area (Å²) >= 11 is 0. The summed E-state index contributed by atoms with van der Waals surface area (Å²) in [6, 6.07) is 49.2. The van der Waals surface area contributed by atoms with Crippen LogP contribution in [0.1, 0.15) is 80.5 Å². The average Bonchev–Trinajstić information content (AvgIpc) is 3.40. The van der Waals surface area contributed by atoms with Crippen molar-refractivity contribution < 1.29 is 0 Å². The molecule has 0 bridgehead atoms. The summed E-state index contributed by atoms with van der Waals surface area (Å²) in [6.45, 7) is 13.4. The summed E-state index contributed by atoms with van der Waals surface area (Å²) in [7, 11) is 0. The molecule has 0 amide bonds. The lowest BCUT2D eigenvalue weighted by molar-refractivity contribution is 0.583. The maximum atomic E-state index is 9.52. The molecule has 0 saturated heterocycles. The summed E-state index contributed by atoms with van der Waals surface area (Å²) in [4.78, 5) is 5.17. The average molecular weight is 673 g/mol. The lowest BCUT2D eigenvalue weighted by Gasteiger charge is -2.24. The number of hydrogen-bond donors (Lipinski definition) is 0. The third kappa shape index (κ3) is 6.71. The van der Waals surface area contributed by atoms with Crippen LogP contribution in [0.4, 0.5) is 5.69 Å². The topological polar surface area (TPSA) is 36.1 Å².